The first-order chi connectivity index (χ1) is 8.56. The number of nitrogen functional groups attached to an aromatic ring is 1. The number of benzene rings is 1. The normalized spacial score (nSPS) is 10.1. The molecule has 0 radical (unpaired) electrons. The summed E-state index contributed by atoms with van der Waals surface area (Å²) >= 11 is 3.27. The zero-order valence-electron chi connectivity index (χ0n) is 9.22. The highest BCUT2D eigenvalue weighted by Gasteiger charge is 2.04. The molecule has 1 heterocycles. The molecule has 2 aromatic rings. The Hall–Kier alpha value is -2.08. The van der Waals surface area contributed by atoms with Crippen molar-refractivity contribution < 1.29 is 9.90 Å². The van der Waals surface area contributed by atoms with Crippen LogP contribution in [0.5, 0.6) is 0 Å². The number of anilines is 3. The topological polar surface area (TPSA) is 88.2 Å². The van der Waals surface area contributed by atoms with E-state index in [4.69, 9.17) is 10.8 Å². The minimum atomic E-state index is -0.956. The summed E-state index contributed by atoms with van der Waals surface area (Å²) in [5.74, 6) is -0.427. The summed E-state index contributed by atoms with van der Waals surface area (Å²) in [5, 5.41) is 11.8. The van der Waals surface area contributed by atoms with Gasteiger partial charge in [0.25, 0.3) is 0 Å². The Bertz CT molecular complexity index is 584. The summed E-state index contributed by atoms with van der Waals surface area (Å²) in [6.07, 6.45) is 1.63. The Labute approximate surface area is 112 Å². The van der Waals surface area contributed by atoms with Crippen LogP contribution >= 0.6 is 15.9 Å². The van der Waals surface area contributed by atoms with Gasteiger partial charge >= 0.3 is 5.97 Å². The summed E-state index contributed by atoms with van der Waals surface area (Å²) in [6.45, 7) is 0. The Kier molecular flexibility index (Phi) is 3.47. The maximum absolute atomic E-state index is 10.7. The van der Waals surface area contributed by atoms with E-state index in [-0.39, 0.29) is 5.56 Å². The Morgan fingerprint density at radius 2 is 2.00 bits per heavy atom. The molecule has 0 aliphatic rings. The molecule has 0 aliphatic carbocycles. The highest BCUT2D eigenvalue weighted by molar-refractivity contribution is 9.10. The van der Waals surface area contributed by atoms with E-state index in [1.165, 1.54) is 12.1 Å². The molecular formula is C12H10BrN3O2. The highest BCUT2D eigenvalue weighted by Crippen LogP contribution is 2.23. The average Bonchev–Trinajstić information content (AvgIpc) is 2.33. The van der Waals surface area contributed by atoms with Crippen molar-refractivity contribution in [3.05, 3.63) is 46.6 Å². The third-order valence-electron chi connectivity index (χ3n) is 2.28. The minimum Gasteiger partial charge on any atom is -0.478 e. The molecule has 6 heteroatoms. The molecule has 0 saturated carbocycles. The number of aromatic nitrogens is 1. The quantitative estimate of drug-likeness (QED) is 0.811. The van der Waals surface area contributed by atoms with E-state index in [1.807, 2.05) is 0 Å². The standard InChI is InChI=1S/C12H10BrN3O2/c13-8-5-10(14)11(15-6-8)16-9-3-1-7(2-4-9)12(17)18/h1-6H,14H2,(H,15,16)(H,17,18). The van der Waals surface area contributed by atoms with Crippen LogP contribution in [0.2, 0.25) is 0 Å². The lowest BCUT2D eigenvalue weighted by molar-refractivity contribution is 0.0697. The zero-order chi connectivity index (χ0) is 13.1. The van der Waals surface area contributed by atoms with Gasteiger partial charge in [-0.1, -0.05) is 0 Å². The monoisotopic (exact) mass is 307 g/mol. The van der Waals surface area contributed by atoms with Crippen LogP contribution in [0.25, 0.3) is 0 Å². The molecule has 18 heavy (non-hydrogen) atoms. The van der Waals surface area contributed by atoms with Gasteiger partial charge in [-0.05, 0) is 46.3 Å². The molecule has 4 N–H and O–H groups in total. The molecule has 1 aromatic heterocycles. The lowest BCUT2D eigenvalue weighted by Gasteiger charge is -2.08. The number of carbonyl (C=O) groups is 1. The number of carboxylic acid groups (broad SMARTS) is 1. The van der Waals surface area contributed by atoms with Crippen LogP contribution < -0.4 is 11.1 Å². The number of hydrogen-bond donors (Lipinski definition) is 3. The smallest absolute Gasteiger partial charge is 0.335 e. The third kappa shape index (κ3) is 2.78. The van der Waals surface area contributed by atoms with Gasteiger partial charge in [0.1, 0.15) is 0 Å². The van der Waals surface area contributed by atoms with Crippen molar-refractivity contribution in [2.75, 3.05) is 11.1 Å². The SMILES string of the molecule is Nc1cc(Br)cnc1Nc1ccc(C(=O)O)cc1. The van der Waals surface area contributed by atoms with Crippen molar-refractivity contribution >= 4 is 39.1 Å². The highest BCUT2D eigenvalue weighted by atomic mass is 79.9. The van der Waals surface area contributed by atoms with Crippen molar-refractivity contribution in [1.29, 1.82) is 0 Å². The van der Waals surface area contributed by atoms with Gasteiger partial charge < -0.3 is 16.2 Å². The summed E-state index contributed by atoms with van der Waals surface area (Å²) < 4.78 is 0.798. The third-order valence-corrected chi connectivity index (χ3v) is 2.71. The number of nitrogens with one attached hydrogen (secondary N) is 1. The van der Waals surface area contributed by atoms with Crippen LogP contribution in [-0.2, 0) is 0 Å². The number of hydrogen-bond acceptors (Lipinski definition) is 4. The van der Waals surface area contributed by atoms with Crippen LogP contribution in [0.3, 0.4) is 0 Å². The van der Waals surface area contributed by atoms with Gasteiger partial charge in [0.2, 0.25) is 0 Å². The lowest BCUT2D eigenvalue weighted by atomic mass is 10.2. The number of halogens is 1. The van der Waals surface area contributed by atoms with E-state index >= 15 is 0 Å². The predicted octanol–water partition coefficient (Wildman–Crippen LogP) is 2.87. The van der Waals surface area contributed by atoms with Gasteiger partial charge in [-0.15, -0.1) is 0 Å². The van der Waals surface area contributed by atoms with E-state index in [2.05, 4.69) is 26.2 Å². The summed E-state index contributed by atoms with van der Waals surface area (Å²) in [5.41, 5.74) is 7.26. The maximum Gasteiger partial charge on any atom is 0.335 e. The zero-order valence-corrected chi connectivity index (χ0v) is 10.8. The summed E-state index contributed by atoms with van der Waals surface area (Å²) in [7, 11) is 0. The first-order valence-corrected chi connectivity index (χ1v) is 5.87. The van der Waals surface area contributed by atoms with E-state index < -0.39 is 5.97 Å². The first-order valence-electron chi connectivity index (χ1n) is 5.07. The van der Waals surface area contributed by atoms with E-state index in [1.54, 1.807) is 24.4 Å². The molecule has 0 fully saturated rings. The van der Waals surface area contributed by atoms with Crippen LogP contribution in [0, 0.1) is 0 Å². The Morgan fingerprint density at radius 3 is 2.56 bits per heavy atom. The number of carboxylic acids is 1. The van der Waals surface area contributed by atoms with Crippen molar-refractivity contribution in [3.63, 3.8) is 0 Å². The van der Waals surface area contributed by atoms with E-state index in [9.17, 15) is 4.79 Å². The lowest BCUT2D eigenvalue weighted by Crippen LogP contribution is -2.00. The molecule has 0 aliphatic heterocycles. The molecule has 0 unspecified atom stereocenters. The molecule has 0 atom stereocenters. The fraction of sp³-hybridized carbons (Fsp3) is 0. The molecule has 1 aromatic carbocycles. The average molecular weight is 308 g/mol. The van der Waals surface area contributed by atoms with Crippen molar-refractivity contribution in [2.24, 2.45) is 0 Å². The van der Waals surface area contributed by atoms with Crippen LogP contribution in [0.1, 0.15) is 10.4 Å². The first kappa shape index (κ1) is 12.4. The van der Waals surface area contributed by atoms with Crippen LogP contribution in [0.15, 0.2) is 41.0 Å². The van der Waals surface area contributed by atoms with Gasteiger partial charge in [0, 0.05) is 16.4 Å². The second kappa shape index (κ2) is 5.05. The van der Waals surface area contributed by atoms with Gasteiger partial charge in [0.05, 0.1) is 11.3 Å². The number of nitrogens with zero attached hydrogens (tertiary/aromatic N) is 1. The van der Waals surface area contributed by atoms with Crippen molar-refractivity contribution in [2.45, 2.75) is 0 Å². The Morgan fingerprint density at radius 1 is 1.33 bits per heavy atom. The largest absolute Gasteiger partial charge is 0.478 e. The molecule has 0 saturated heterocycles. The molecule has 5 nitrogen and oxygen atoms in total. The molecular weight excluding hydrogens is 298 g/mol. The molecule has 0 bridgehead atoms. The maximum atomic E-state index is 10.7. The van der Waals surface area contributed by atoms with Crippen molar-refractivity contribution in [1.82, 2.24) is 4.98 Å². The van der Waals surface area contributed by atoms with E-state index in [0.29, 0.717) is 11.5 Å². The molecule has 0 spiro atoms. The van der Waals surface area contributed by atoms with Crippen LogP contribution in [0.4, 0.5) is 17.2 Å². The number of pyridine rings is 1. The summed E-state index contributed by atoms with van der Waals surface area (Å²) in [6, 6.07) is 8.08. The molecule has 2 rings (SSSR count). The fourth-order valence-corrected chi connectivity index (χ4v) is 1.74. The van der Waals surface area contributed by atoms with Gasteiger partial charge in [-0.3, -0.25) is 0 Å². The second-order valence-corrected chi connectivity index (χ2v) is 4.51. The second-order valence-electron chi connectivity index (χ2n) is 3.60. The number of aromatic carboxylic acids is 1. The fourth-order valence-electron chi connectivity index (χ4n) is 1.39. The van der Waals surface area contributed by atoms with Crippen molar-refractivity contribution in [3.8, 4) is 0 Å². The number of nitrogens with two attached hydrogens (primary N) is 1. The molecule has 92 valence electrons. The van der Waals surface area contributed by atoms with Crippen LogP contribution in [-0.4, -0.2) is 16.1 Å². The summed E-state index contributed by atoms with van der Waals surface area (Å²) in [4.78, 5) is 14.8. The van der Waals surface area contributed by atoms with Gasteiger partial charge in [-0.2, -0.15) is 0 Å². The minimum absolute atomic E-state index is 0.234. The number of rotatable bonds is 3. The van der Waals surface area contributed by atoms with Gasteiger partial charge in [-0.25, -0.2) is 9.78 Å². The van der Waals surface area contributed by atoms with Gasteiger partial charge in [0.15, 0.2) is 5.82 Å². The molecule has 0 amide bonds. The Balaban J connectivity index is 2.21. The predicted molar refractivity (Wildman–Crippen MR) is 73.0 cm³/mol. The van der Waals surface area contributed by atoms with E-state index in [0.717, 1.165) is 10.2 Å².